The molecule has 2 aromatic carbocycles. The van der Waals surface area contributed by atoms with Crippen LogP contribution in [-0.4, -0.2) is 17.9 Å². The molecule has 0 bridgehead atoms. The number of hydrogen-bond donors (Lipinski definition) is 0. The summed E-state index contributed by atoms with van der Waals surface area (Å²) in [5.74, 6) is 0. The van der Waals surface area contributed by atoms with Crippen molar-refractivity contribution in [2.24, 2.45) is 0 Å². The first-order valence-corrected chi connectivity index (χ1v) is 12.1. The van der Waals surface area contributed by atoms with Crippen LogP contribution in [0, 0.1) is 0 Å². The van der Waals surface area contributed by atoms with E-state index in [0.29, 0.717) is 11.6 Å². The second-order valence-corrected chi connectivity index (χ2v) is 13.0. The van der Waals surface area contributed by atoms with E-state index in [1.165, 1.54) is 10.4 Å². The Morgan fingerprint density at radius 2 is 1.48 bits per heavy atom. The van der Waals surface area contributed by atoms with Crippen LogP contribution >= 0.6 is 11.6 Å². The zero-order valence-electron chi connectivity index (χ0n) is 17.0. The molecule has 0 N–H and O–H groups in total. The standard InChI is InChI=1S/C24H25ClN2OSi/c1-24(2,3)29(22-10-6-4-7-11-22,23-12-8-5-9-13-23)28-18-20-17-21-16-19(25)14-15-27(21)26-20/h4-17H,18H2,1-3H3. The topological polar surface area (TPSA) is 26.5 Å². The van der Waals surface area contributed by atoms with Gasteiger partial charge in [-0.05, 0) is 33.6 Å². The number of nitrogens with zero attached hydrogens (tertiary/aromatic N) is 2. The van der Waals surface area contributed by atoms with Crippen molar-refractivity contribution in [1.82, 2.24) is 9.61 Å². The van der Waals surface area contributed by atoms with Gasteiger partial charge >= 0.3 is 0 Å². The van der Waals surface area contributed by atoms with Crippen molar-refractivity contribution in [3.05, 3.63) is 95.8 Å². The van der Waals surface area contributed by atoms with Crippen LogP contribution in [0.25, 0.3) is 5.52 Å². The van der Waals surface area contributed by atoms with Gasteiger partial charge < -0.3 is 4.43 Å². The second-order valence-electron chi connectivity index (χ2n) is 8.30. The van der Waals surface area contributed by atoms with Gasteiger partial charge in [-0.25, -0.2) is 4.52 Å². The van der Waals surface area contributed by atoms with Crippen LogP contribution in [0.4, 0.5) is 0 Å². The fourth-order valence-corrected chi connectivity index (χ4v) is 8.72. The van der Waals surface area contributed by atoms with E-state index in [1.54, 1.807) is 0 Å². The molecule has 4 aromatic rings. The van der Waals surface area contributed by atoms with E-state index in [-0.39, 0.29) is 5.04 Å². The van der Waals surface area contributed by atoms with E-state index in [1.807, 2.05) is 28.9 Å². The van der Waals surface area contributed by atoms with Gasteiger partial charge in [-0.2, -0.15) is 5.10 Å². The van der Waals surface area contributed by atoms with Gasteiger partial charge in [0.05, 0.1) is 17.8 Å². The SMILES string of the molecule is CC(C)(C)[Si](OCc1cc2cc(Cl)ccn2n1)(c1ccccc1)c1ccccc1. The molecule has 0 amide bonds. The predicted molar refractivity (Wildman–Crippen MR) is 123 cm³/mol. The highest BCUT2D eigenvalue weighted by molar-refractivity contribution is 6.99. The summed E-state index contributed by atoms with van der Waals surface area (Å²) in [5, 5.41) is 7.87. The lowest BCUT2D eigenvalue weighted by molar-refractivity contribution is 0.281. The maximum absolute atomic E-state index is 6.94. The van der Waals surface area contributed by atoms with Crippen LogP contribution in [0.2, 0.25) is 10.1 Å². The third-order valence-corrected chi connectivity index (χ3v) is 10.5. The molecule has 0 fully saturated rings. The van der Waals surface area contributed by atoms with Crippen molar-refractivity contribution in [2.45, 2.75) is 32.4 Å². The lowest BCUT2D eigenvalue weighted by atomic mass is 10.2. The van der Waals surface area contributed by atoms with E-state index in [9.17, 15) is 0 Å². The molecule has 2 aromatic heterocycles. The summed E-state index contributed by atoms with van der Waals surface area (Å²) in [6.07, 6.45) is 1.88. The van der Waals surface area contributed by atoms with E-state index in [2.05, 4.69) is 86.5 Å². The molecule has 0 saturated heterocycles. The molecule has 4 rings (SSSR count). The first-order chi connectivity index (χ1) is 13.9. The molecule has 0 aliphatic heterocycles. The zero-order valence-corrected chi connectivity index (χ0v) is 18.7. The van der Waals surface area contributed by atoms with Gasteiger partial charge in [0.1, 0.15) is 0 Å². The van der Waals surface area contributed by atoms with Crippen LogP contribution in [0.1, 0.15) is 26.5 Å². The Labute approximate surface area is 178 Å². The number of fused-ring (bicyclic) bond motifs is 1. The Morgan fingerprint density at radius 1 is 0.897 bits per heavy atom. The minimum Gasteiger partial charge on any atom is -0.401 e. The molecule has 3 nitrogen and oxygen atoms in total. The van der Waals surface area contributed by atoms with E-state index in [0.717, 1.165) is 11.2 Å². The maximum atomic E-state index is 6.94. The van der Waals surface area contributed by atoms with Crippen molar-refractivity contribution in [3.63, 3.8) is 0 Å². The van der Waals surface area contributed by atoms with Gasteiger partial charge in [-0.1, -0.05) is 93.0 Å². The highest BCUT2D eigenvalue weighted by atomic mass is 35.5. The van der Waals surface area contributed by atoms with Gasteiger partial charge in [0.2, 0.25) is 0 Å². The Kier molecular flexibility index (Phi) is 5.34. The molecular weight excluding hydrogens is 396 g/mol. The van der Waals surface area contributed by atoms with Crippen molar-refractivity contribution in [2.75, 3.05) is 0 Å². The quantitative estimate of drug-likeness (QED) is 0.421. The Bertz CT molecular complexity index is 1060. The summed E-state index contributed by atoms with van der Waals surface area (Å²) < 4.78 is 8.79. The molecule has 29 heavy (non-hydrogen) atoms. The lowest BCUT2D eigenvalue weighted by Gasteiger charge is -2.42. The molecule has 0 aliphatic carbocycles. The van der Waals surface area contributed by atoms with Crippen molar-refractivity contribution in [3.8, 4) is 0 Å². The van der Waals surface area contributed by atoms with Crippen molar-refractivity contribution < 1.29 is 4.43 Å². The highest BCUT2D eigenvalue weighted by Gasteiger charge is 2.50. The first-order valence-electron chi connectivity index (χ1n) is 9.79. The Morgan fingerprint density at radius 3 is 2.03 bits per heavy atom. The summed E-state index contributed by atoms with van der Waals surface area (Å²) in [6.45, 7) is 7.29. The van der Waals surface area contributed by atoms with Gasteiger partial charge in [0.25, 0.3) is 8.32 Å². The fourth-order valence-electron chi connectivity index (χ4n) is 4.03. The molecule has 0 spiro atoms. The summed E-state index contributed by atoms with van der Waals surface area (Å²) in [6, 6.07) is 27.1. The number of pyridine rings is 1. The van der Waals surface area contributed by atoms with E-state index in [4.69, 9.17) is 16.0 Å². The van der Waals surface area contributed by atoms with Gasteiger partial charge in [-0.3, -0.25) is 0 Å². The Balaban J connectivity index is 1.79. The zero-order chi connectivity index (χ0) is 20.5. The van der Waals surface area contributed by atoms with Crippen LogP contribution in [-0.2, 0) is 11.0 Å². The number of benzene rings is 2. The molecular formula is C24H25ClN2OSi. The van der Waals surface area contributed by atoms with E-state index >= 15 is 0 Å². The second kappa shape index (κ2) is 7.79. The predicted octanol–water partition coefficient (Wildman–Crippen LogP) is 5.06. The minimum atomic E-state index is -2.57. The Hall–Kier alpha value is -2.40. The molecule has 0 saturated carbocycles. The minimum absolute atomic E-state index is 0.0574. The number of rotatable bonds is 5. The van der Waals surface area contributed by atoms with Crippen molar-refractivity contribution >= 4 is 35.8 Å². The fraction of sp³-hybridized carbons (Fsp3) is 0.208. The molecule has 0 atom stereocenters. The smallest absolute Gasteiger partial charge is 0.261 e. The number of hydrogen-bond acceptors (Lipinski definition) is 2. The normalized spacial score (nSPS) is 12.4. The van der Waals surface area contributed by atoms with Gasteiger partial charge in [0.15, 0.2) is 0 Å². The average molecular weight is 421 g/mol. The van der Waals surface area contributed by atoms with Crippen LogP contribution in [0.5, 0.6) is 0 Å². The van der Waals surface area contributed by atoms with E-state index < -0.39 is 8.32 Å². The molecule has 0 aliphatic rings. The van der Waals surface area contributed by atoms with Gasteiger partial charge in [-0.15, -0.1) is 0 Å². The largest absolute Gasteiger partial charge is 0.401 e. The molecule has 148 valence electrons. The first kappa shape index (κ1) is 19.9. The molecule has 2 heterocycles. The van der Waals surface area contributed by atoms with Crippen LogP contribution < -0.4 is 10.4 Å². The molecule has 0 unspecified atom stereocenters. The molecule has 5 heteroatoms. The van der Waals surface area contributed by atoms with Crippen LogP contribution in [0.15, 0.2) is 85.1 Å². The van der Waals surface area contributed by atoms with Crippen molar-refractivity contribution in [1.29, 1.82) is 0 Å². The number of aromatic nitrogens is 2. The third-order valence-electron chi connectivity index (χ3n) is 5.33. The summed E-state index contributed by atoms with van der Waals surface area (Å²) >= 11 is 6.13. The third kappa shape index (κ3) is 3.76. The maximum Gasteiger partial charge on any atom is 0.261 e. The average Bonchev–Trinajstić information content (AvgIpc) is 3.11. The lowest BCUT2D eigenvalue weighted by Crippen LogP contribution is -2.66. The summed E-state index contributed by atoms with van der Waals surface area (Å²) in [4.78, 5) is 0. The summed E-state index contributed by atoms with van der Waals surface area (Å²) in [5.41, 5.74) is 1.87. The van der Waals surface area contributed by atoms with Gasteiger partial charge in [0, 0.05) is 11.2 Å². The molecule has 0 radical (unpaired) electrons. The monoisotopic (exact) mass is 420 g/mol. The highest BCUT2D eigenvalue weighted by Crippen LogP contribution is 2.37. The summed E-state index contributed by atoms with van der Waals surface area (Å²) in [7, 11) is -2.57. The van der Waals surface area contributed by atoms with Crippen LogP contribution in [0.3, 0.4) is 0 Å². The number of halogens is 1.